The lowest BCUT2D eigenvalue weighted by Crippen LogP contribution is -2.51. The highest BCUT2D eigenvalue weighted by molar-refractivity contribution is 9.10. The van der Waals surface area contributed by atoms with Gasteiger partial charge in [-0.2, -0.15) is 36.7 Å². The van der Waals surface area contributed by atoms with Gasteiger partial charge in [-0.05, 0) is 66.4 Å². The standard InChI is InChI=1S/C24H18BrClF7N5O/c1-12(2)38-18(22(27,23(28,29)30)24(31,32)33)8-16(25)20(38)37-10-14(9-35-37)13-3-4-17(26)15(7-13)19(39)36-21(11-34)5-6-21/h3-4,7-10,12H,5-6H2,1-2H3,(H,36,39). The van der Waals surface area contributed by atoms with Gasteiger partial charge in [0.2, 0.25) is 0 Å². The third-order valence-electron chi connectivity index (χ3n) is 6.28. The molecule has 1 N–H and O–H groups in total. The van der Waals surface area contributed by atoms with Crippen molar-refractivity contribution >= 4 is 33.4 Å². The summed E-state index contributed by atoms with van der Waals surface area (Å²) in [5, 5.41) is 16.0. The van der Waals surface area contributed by atoms with Gasteiger partial charge in [-0.25, -0.2) is 9.07 Å². The van der Waals surface area contributed by atoms with Gasteiger partial charge in [-0.1, -0.05) is 17.7 Å². The zero-order chi connectivity index (χ0) is 29.1. The molecule has 0 unspecified atom stereocenters. The first-order valence-corrected chi connectivity index (χ1v) is 12.4. The third-order valence-corrected chi connectivity index (χ3v) is 7.19. The molecule has 1 aliphatic carbocycles. The molecule has 208 valence electrons. The number of benzene rings is 1. The molecule has 1 fully saturated rings. The number of nitriles is 1. The van der Waals surface area contributed by atoms with Crippen molar-refractivity contribution in [1.82, 2.24) is 19.7 Å². The van der Waals surface area contributed by atoms with E-state index in [1.54, 1.807) is 0 Å². The van der Waals surface area contributed by atoms with Crippen LogP contribution in [-0.2, 0) is 5.67 Å². The largest absolute Gasteiger partial charge is 0.437 e. The predicted octanol–water partition coefficient (Wildman–Crippen LogP) is 7.41. The maximum absolute atomic E-state index is 15.1. The van der Waals surface area contributed by atoms with E-state index in [0.29, 0.717) is 34.6 Å². The number of hydrogen-bond acceptors (Lipinski definition) is 3. The van der Waals surface area contributed by atoms with E-state index >= 15 is 4.39 Å². The Bertz CT molecular complexity index is 1470. The molecule has 39 heavy (non-hydrogen) atoms. The molecule has 2 heterocycles. The Balaban J connectivity index is 1.79. The number of hydrogen-bond donors (Lipinski definition) is 1. The summed E-state index contributed by atoms with van der Waals surface area (Å²) in [4.78, 5) is 12.7. The summed E-state index contributed by atoms with van der Waals surface area (Å²) in [7, 11) is 0. The van der Waals surface area contributed by atoms with Gasteiger partial charge in [0, 0.05) is 17.8 Å². The summed E-state index contributed by atoms with van der Waals surface area (Å²) in [5.74, 6) is -0.869. The van der Waals surface area contributed by atoms with E-state index in [0.717, 1.165) is 4.68 Å². The number of nitrogens with one attached hydrogen (secondary N) is 1. The Hall–Kier alpha value is -3.05. The maximum atomic E-state index is 15.1. The SMILES string of the molecule is CC(C)n1c(C(F)(C(F)(F)F)C(F)(F)F)cc(Br)c1-n1cc(-c2ccc(Cl)c(C(=O)NC3(C#N)CC3)c2)cn1. The molecule has 1 aromatic carbocycles. The smallest absolute Gasteiger partial charge is 0.334 e. The van der Waals surface area contributed by atoms with Crippen molar-refractivity contribution in [2.24, 2.45) is 0 Å². The Kier molecular flexibility index (Phi) is 7.09. The zero-order valence-corrected chi connectivity index (χ0v) is 22.4. The zero-order valence-electron chi connectivity index (χ0n) is 20.1. The topological polar surface area (TPSA) is 75.6 Å². The average Bonchev–Trinajstić information content (AvgIpc) is 3.27. The molecule has 0 saturated heterocycles. The molecular weight excluding hydrogens is 623 g/mol. The van der Waals surface area contributed by atoms with Crippen LogP contribution in [0.2, 0.25) is 5.02 Å². The Labute approximate surface area is 230 Å². The van der Waals surface area contributed by atoms with Gasteiger partial charge in [0.25, 0.3) is 5.91 Å². The van der Waals surface area contributed by atoms with Crippen molar-refractivity contribution in [2.75, 3.05) is 0 Å². The highest BCUT2D eigenvalue weighted by Crippen LogP contribution is 2.55. The van der Waals surface area contributed by atoms with Crippen LogP contribution >= 0.6 is 27.5 Å². The Morgan fingerprint density at radius 3 is 2.26 bits per heavy atom. The van der Waals surface area contributed by atoms with Crippen molar-refractivity contribution in [3.63, 3.8) is 0 Å². The van der Waals surface area contributed by atoms with Crippen LogP contribution in [0.25, 0.3) is 16.9 Å². The second kappa shape index (κ2) is 9.55. The molecule has 3 aromatic rings. The average molecular weight is 641 g/mol. The molecule has 2 aromatic heterocycles. The molecule has 0 atom stereocenters. The molecule has 1 amide bonds. The highest BCUT2D eigenvalue weighted by Gasteiger charge is 2.75. The number of rotatable bonds is 6. The molecule has 0 spiro atoms. The number of amides is 1. The lowest BCUT2D eigenvalue weighted by Gasteiger charge is -2.32. The van der Waals surface area contributed by atoms with Gasteiger partial charge >= 0.3 is 18.0 Å². The highest BCUT2D eigenvalue weighted by atomic mass is 79.9. The fourth-order valence-corrected chi connectivity index (χ4v) is 4.88. The van der Waals surface area contributed by atoms with Crippen LogP contribution in [0.5, 0.6) is 0 Å². The van der Waals surface area contributed by atoms with Gasteiger partial charge in [-0.15, -0.1) is 0 Å². The van der Waals surface area contributed by atoms with E-state index in [4.69, 9.17) is 11.6 Å². The lowest BCUT2D eigenvalue weighted by molar-refractivity contribution is -0.350. The fraction of sp³-hybridized carbons (Fsp3) is 0.375. The number of carbonyl (C=O) groups excluding carboxylic acids is 1. The molecule has 0 aliphatic heterocycles. The minimum atomic E-state index is -6.30. The van der Waals surface area contributed by atoms with E-state index in [9.17, 15) is 36.4 Å². The van der Waals surface area contributed by atoms with Crippen molar-refractivity contribution in [1.29, 1.82) is 5.26 Å². The Morgan fingerprint density at radius 2 is 1.74 bits per heavy atom. The number of aromatic nitrogens is 3. The molecule has 6 nitrogen and oxygen atoms in total. The van der Waals surface area contributed by atoms with E-state index in [2.05, 4.69) is 26.3 Å². The second-order valence-electron chi connectivity index (χ2n) is 9.34. The quantitative estimate of drug-likeness (QED) is 0.285. The third kappa shape index (κ3) is 4.91. The Morgan fingerprint density at radius 1 is 1.13 bits per heavy atom. The number of alkyl halides is 7. The van der Waals surface area contributed by atoms with Crippen LogP contribution in [0.15, 0.2) is 41.1 Å². The molecule has 0 radical (unpaired) electrons. The molecule has 15 heteroatoms. The normalized spacial score (nSPS) is 15.4. The summed E-state index contributed by atoms with van der Waals surface area (Å²) < 4.78 is 97.7. The van der Waals surface area contributed by atoms with Crippen molar-refractivity contribution in [3.8, 4) is 23.0 Å². The van der Waals surface area contributed by atoms with Crippen molar-refractivity contribution in [3.05, 3.63) is 57.4 Å². The molecular formula is C24H18BrClF7N5O. The molecule has 1 saturated carbocycles. The first-order valence-electron chi connectivity index (χ1n) is 11.3. The van der Waals surface area contributed by atoms with E-state index in [-0.39, 0.29) is 20.9 Å². The fourth-order valence-electron chi connectivity index (χ4n) is 4.08. The van der Waals surface area contributed by atoms with E-state index in [1.165, 1.54) is 44.4 Å². The van der Waals surface area contributed by atoms with Crippen LogP contribution in [0.3, 0.4) is 0 Å². The van der Waals surface area contributed by atoms with Crippen LogP contribution < -0.4 is 5.32 Å². The molecule has 4 rings (SSSR count). The van der Waals surface area contributed by atoms with Gasteiger partial charge in [0.1, 0.15) is 11.4 Å². The minimum absolute atomic E-state index is 0.0510. The second-order valence-corrected chi connectivity index (χ2v) is 10.6. The number of nitrogens with zero attached hydrogens (tertiary/aromatic N) is 4. The van der Waals surface area contributed by atoms with Gasteiger partial charge in [0.05, 0.1) is 33.0 Å². The molecule has 1 aliphatic rings. The summed E-state index contributed by atoms with van der Waals surface area (Å²) in [5.41, 5.74) is -7.50. The van der Waals surface area contributed by atoms with Crippen LogP contribution in [0.1, 0.15) is 48.8 Å². The van der Waals surface area contributed by atoms with Crippen molar-refractivity contribution < 1.29 is 35.5 Å². The summed E-state index contributed by atoms with van der Waals surface area (Å²) in [6, 6.07) is 5.78. The number of carbonyl (C=O) groups is 1. The maximum Gasteiger partial charge on any atom is 0.437 e. The molecule has 0 bridgehead atoms. The summed E-state index contributed by atoms with van der Waals surface area (Å²) in [6.45, 7) is 2.60. The van der Waals surface area contributed by atoms with E-state index < -0.39 is 41.2 Å². The lowest BCUT2D eigenvalue weighted by atomic mass is 10.00. The number of halogens is 9. The van der Waals surface area contributed by atoms with Gasteiger partial charge < -0.3 is 9.88 Å². The first kappa shape index (κ1) is 28.9. The summed E-state index contributed by atoms with van der Waals surface area (Å²) >= 11 is 9.14. The monoisotopic (exact) mass is 639 g/mol. The first-order chi connectivity index (χ1) is 18.0. The van der Waals surface area contributed by atoms with Crippen molar-refractivity contribution in [2.45, 2.75) is 56.3 Å². The van der Waals surface area contributed by atoms with Gasteiger partial charge in [-0.3, -0.25) is 4.79 Å². The van der Waals surface area contributed by atoms with Crippen LogP contribution in [0, 0.1) is 11.3 Å². The minimum Gasteiger partial charge on any atom is -0.334 e. The summed E-state index contributed by atoms with van der Waals surface area (Å²) in [6.07, 6.45) is -9.04. The van der Waals surface area contributed by atoms with Gasteiger partial charge in [0.15, 0.2) is 0 Å². The van der Waals surface area contributed by atoms with Crippen LogP contribution in [0.4, 0.5) is 30.7 Å². The predicted molar refractivity (Wildman–Crippen MR) is 130 cm³/mol. The van der Waals surface area contributed by atoms with E-state index in [1.807, 2.05) is 6.07 Å². The van der Waals surface area contributed by atoms with Crippen LogP contribution in [-0.4, -0.2) is 38.1 Å².